The van der Waals surface area contributed by atoms with E-state index in [0.29, 0.717) is 5.56 Å². The van der Waals surface area contributed by atoms with Crippen LogP contribution in [0.15, 0.2) is 24.3 Å². The summed E-state index contributed by atoms with van der Waals surface area (Å²) >= 11 is 0. The Morgan fingerprint density at radius 1 is 1.42 bits per heavy atom. The zero-order valence-corrected chi connectivity index (χ0v) is 10.5. The lowest BCUT2D eigenvalue weighted by Crippen LogP contribution is -2.45. The summed E-state index contributed by atoms with van der Waals surface area (Å²) in [5, 5.41) is 30.7. The number of hydrogen-bond acceptors (Lipinski definition) is 4. The Hall–Kier alpha value is -2.21. The lowest BCUT2D eigenvalue weighted by molar-refractivity contribution is -0.385. The molecule has 0 saturated heterocycles. The zero-order chi connectivity index (χ0) is 14.4. The first kappa shape index (κ1) is 13.2. The van der Waals surface area contributed by atoms with Gasteiger partial charge in [0.25, 0.3) is 5.69 Å². The molecule has 1 atom stereocenters. The fourth-order valence-electron chi connectivity index (χ4n) is 2.14. The van der Waals surface area contributed by atoms with Crippen molar-refractivity contribution in [2.75, 3.05) is 0 Å². The molecular weight excluding hydrogens is 250 g/mol. The molecule has 1 aromatic carbocycles. The Balaban J connectivity index is 2.63. The standard InChI is InChI=1S/C13H13NO5/c1-12(2,11(15)16)13(17)6-5-8-3-4-9(14(18)19)7-10(8)13/h3-7,17H,1-2H3,(H,15,16). The lowest BCUT2D eigenvalue weighted by atomic mass is 9.72. The first-order valence-electron chi connectivity index (χ1n) is 5.64. The van der Waals surface area contributed by atoms with E-state index < -0.39 is 21.9 Å². The number of rotatable bonds is 3. The summed E-state index contributed by atoms with van der Waals surface area (Å²) in [6.07, 6.45) is 2.94. The molecule has 2 rings (SSSR count). The van der Waals surface area contributed by atoms with E-state index in [9.17, 15) is 25.1 Å². The molecule has 0 heterocycles. The maximum Gasteiger partial charge on any atom is 0.312 e. The number of carboxylic acid groups (broad SMARTS) is 1. The largest absolute Gasteiger partial charge is 0.481 e. The van der Waals surface area contributed by atoms with Gasteiger partial charge in [0.1, 0.15) is 5.60 Å². The highest BCUT2D eigenvalue weighted by Gasteiger charge is 2.51. The zero-order valence-electron chi connectivity index (χ0n) is 10.5. The van der Waals surface area contributed by atoms with Gasteiger partial charge in [-0.3, -0.25) is 14.9 Å². The number of nitrogens with zero attached hydrogens (tertiary/aromatic N) is 1. The van der Waals surface area contributed by atoms with Crippen molar-refractivity contribution in [2.24, 2.45) is 5.41 Å². The highest BCUT2D eigenvalue weighted by atomic mass is 16.6. The molecule has 100 valence electrons. The molecule has 19 heavy (non-hydrogen) atoms. The van der Waals surface area contributed by atoms with E-state index in [-0.39, 0.29) is 11.3 Å². The van der Waals surface area contributed by atoms with Crippen molar-refractivity contribution >= 4 is 17.7 Å². The van der Waals surface area contributed by atoms with Gasteiger partial charge in [-0.1, -0.05) is 6.08 Å². The molecule has 0 fully saturated rings. The van der Waals surface area contributed by atoms with E-state index in [2.05, 4.69) is 0 Å². The third-order valence-corrected chi connectivity index (χ3v) is 3.65. The number of carbonyl (C=O) groups is 1. The second-order valence-corrected chi connectivity index (χ2v) is 5.06. The molecule has 0 saturated carbocycles. The van der Waals surface area contributed by atoms with Crippen LogP contribution < -0.4 is 0 Å². The van der Waals surface area contributed by atoms with Gasteiger partial charge in [0.2, 0.25) is 0 Å². The van der Waals surface area contributed by atoms with Gasteiger partial charge < -0.3 is 10.2 Å². The molecule has 1 unspecified atom stereocenters. The lowest BCUT2D eigenvalue weighted by Gasteiger charge is -2.35. The Morgan fingerprint density at radius 3 is 2.58 bits per heavy atom. The molecule has 6 heteroatoms. The number of carboxylic acids is 1. The molecule has 1 aromatic rings. The van der Waals surface area contributed by atoms with Crippen molar-refractivity contribution in [3.8, 4) is 0 Å². The maximum atomic E-state index is 11.3. The van der Waals surface area contributed by atoms with Crippen LogP contribution in [0, 0.1) is 15.5 Å². The third kappa shape index (κ3) is 1.72. The highest BCUT2D eigenvalue weighted by Crippen LogP contribution is 2.47. The second kappa shape index (κ2) is 3.89. The molecular formula is C13H13NO5. The topological polar surface area (TPSA) is 101 Å². The highest BCUT2D eigenvalue weighted by molar-refractivity contribution is 5.80. The van der Waals surface area contributed by atoms with Gasteiger partial charge in [0, 0.05) is 17.7 Å². The number of nitro benzene ring substituents is 1. The SMILES string of the molecule is CC(C)(C(=O)O)C1(O)C=Cc2ccc([N+](=O)[O-])cc21. The van der Waals surface area contributed by atoms with Crippen LogP contribution in [0.5, 0.6) is 0 Å². The number of fused-ring (bicyclic) bond motifs is 1. The van der Waals surface area contributed by atoms with Crippen LogP contribution in [0.3, 0.4) is 0 Å². The quantitative estimate of drug-likeness (QED) is 0.641. The number of nitro groups is 1. The minimum absolute atomic E-state index is 0.179. The van der Waals surface area contributed by atoms with Crippen LogP contribution in [-0.4, -0.2) is 21.1 Å². The Labute approximate surface area is 109 Å². The van der Waals surface area contributed by atoms with Crippen molar-refractivity contribution in [1.29, 1.82) is 0 Å². The van der Waals surface area contributed by atoms with Crippen molar-refractivity contribution in [3.05, 3.63) is 45.5 Å². The van der Waals surface area contributed by atoms with E-state index in [1.54, 1.807) is 6.08 Å². The molecule has 1 aliphatic rings. The first-order chi connectivity index (χ1) is 8.70. The van der Waals surface area contributed by atoms with Crippen LogP contribution in [0.25, 0.3) is 6.08 Å². The molecule has 0 radical (unpaired) electrons. The average molecular weight is 263 g/mol. The van der Waals surface area contributed by atoms with Gasteiger partial charge in [-0.2, -0.15) is 0 Å². The van der Waals surface area contributed by atoms with Gasteiger partial charge in [-0.05, 0) is 31.6 Å². The Kier molecular flexibility index (Phi) is 2.71. The first-order valence-corrected chi connectivity index (χ1v) is 5.64. The maximum absolute atomic E-state index is 11.3. The van der Waals surface area contributed by atoms with Crippen molar-refractivity contribution in [3.63, 3.8) is 0 Å². The molecule has 6 nitrogen and oxygen atoms in total. The van der Waals surface area contributed by atoms with E-state index in [4.69, 9.17) is 0 Å². The molecule has 0 aromatic heterocycles. The molecule has 1 aliphatic carbocycles. The second-order valence-electron chi connectivity index (χ2n) is 5.06. The van der Waals surface area contributed by atoms with E-state index in [0.717, 1.165) is 0 Å². The van der Waals surface area contributed by atoms with Crippen LogP contribution in [0.2, 0.25) is 0 Å². The average Bonchev–Trinajstić information content (AvgIpc) is 2.68. The van der Waals surface area contributed by atoms with Gasteiger partial charge in [0.15, 0.2) is 0 Å². The predicted octanol–water partition coefficient (Wildman–Crippen LogP) is 1.92. The smallest absolute Gasteiger partial charge is 0.312 e. The summed E-state index contributed by atoms with van der Waals surface area (Å²) in [6.45, 7) is 2.77. The van der Waals surface area contributed by atoms with E-state index in [1.807, 2.05) is 0 Å². The normalized spacial score (nSPS) is 21.2. The summed E-state index contributed by atoms with van der Waals surface area (Å²) in [6, 6.07) is 4.04. The van der Waals surface area contributed by atoms with Crippen LogP contribution in [-0.2, 0) is 10.4 Å². The summed E-state index contributed by atoms with van der Waals surface area (Å²) in [7, 11) is 0. The van der Waals surface area contributed by atoms with Crippen molar-refractivity contribution in [2.45, 2.75) is 19.4 Å². The fourth-order valence-corrected chi connectivity index (χ4v) is 2.14. The molecule has 0 spiro atoms. The van der Waals surface area contributed by atoms with Gasteiger partial charge in [-0.15, -0.1) is 0 Å². The summed E-state index contributed by atoms with van der Waals surface area (Å²) in [4.78, 5) is 21.5. The monoisotopic (exact) mass is 263 g/mol. The van der Waals surface area contributed by atoms with Crippen LogP contribution in [0.4, 0.5) is 5.69 Å². The number of hydrogen-bond donors (Lipinski definition) is 2. The predicted molar refractivity (Wildman–Crippen MR) is 67.4 cm³/mol. The van der Waals surface area contributed by atoms with Gasteiger partial charge in [-0.25, -0.2) is 0 Å². The van der Waals surface area contributed by atoms with Crippen molar-refractivity contribution < 1.29 is 19.9 Å². The fraction of sp³-hybridized carbons (Fsp3) is 0.308. The van der Waals surface area contributed by atoms with E-state index >= 15 is 0 Å². The third-order valence-electron chi connectivity index (χ3n) is 3.65. The van der Waals surface area contributed by atoms with E-state index in [1.165, 1.54) is 38.1 Å². The van der Waals surface area contributed by atoms with Gasteiger partial charge in [0.05, 0.1) is 10.3 Å². The number of aliphatic hydroxyl groups is 1. The molecule has 0 bridgehead atoms. The minimum atomic E-state index is -1.76. The Morgan fingerprint density at radius 2 is 2.05 bits per heavy atom. The Bertz CT molecular complexity index is 605. The summed E-state index contributed by atoms with van der Waals surface area (Å²) in [5.41, 5.74) is -2.61. The number of aliphatic carboxylic acids is 1. The molecule has 0 amide bonds. The van der Waals surface area contributed by atoms with Crippen LogP contribution in [0.1, 0.15) is 25.0 Å². The number of benzene rings is 1. The minimum Gasteiger partial charge on any atom is -0.481 e. The summed E-state index contributed by atoms with van der Waals surface area (Å²) in [5.74, 6) is -1.18. The molecule has 0 aliphatic heterocycles. The van der Waals surface area contributed by atoms with Gasteiger partial charge >= 0.3 is 5.97 Å². The molecule has 2 N–H and O–H groups in total. The van der Waals surface area contributed by atoms with Crippen molar-refractivity contribution in [1.82, 2.24) is 0 Å². The summed E-state index contributed by atoms with van der Waals surface area (Å²) < 4.78 is 0. The van der Waals surface area contributed by atoms with Crippen LogP contribution >= 0.6 is 0 Å². The number of non-ortho nitro benzene ring substituents is 1.